The summed E-state index contributed by atoms with van der Waals surface area (Å²) in [6, 6.07) is 21.3. The van der Waals surface area contributed by atoms with Crippen molar-refractivity contribution in [1.29, 1.82) is 0 Å². The summed E-state index contributed by atoms with van der Waals surface area (Å²) in [4.78, 5) is 43.9. The van der Waals surface area contributed by atoms with Crippen LogP contribution in [0.5, 0.6) is 0 Å². The summed E-state index contributed by atoms with van der Waals surface area (Å²) in [6.45, 7) is 39.0. The van der Waals surface area contributed by atoms with Gasteiger partial charge in [-0.25, -0.2) is 44.9 Å². The van der Waals surface area contributed by atoms with E-state index in [2.05, 4.69) is 225 Å². The smallest absolute Gasteiger partial charge is 0.201 e. The molecule has 0 fully saturated rings. The number of para-hydroxylation sites is 1. The first-order valence-corrected chi connectivity index (χ1v) is 26.4. The average Bonchev–Trinajstić information content (AvgIpc) is 4.25. The van der Waals surface area contributed by atoms with Gasteiger partial charge in [-0.2, -0.15) is 25.7 Å². The lowest BCUT2D eigenvalue weighted by Gasteiger charge is -1.82. The number of hydrogen-bond acceptors (Lipinski definition) is 14. The molecule has 0 aliphatic carbocycles. The Morgan fingerprint density at radius 1 is 0.346 bits per heavy atom. The minimum Gasteiger partial charge on any atom is -0.346 e. The predicted octanol–water partition coefficient (Wildman–Crippen LogP) is 14.5. The summed E-state index contributed by atoms with van der Waals surface area (Å²) >= 11 is 0. The molecule has 0 unspecified atom stereocenters. The zero-order valence-corrected chi connectivity index (χ0v) is 49.4. The van der Waals surface area contributed by atoms with E-state index in [9.17, 15) is 0 Å². The highest BCUT2D eigenvalue weighted by atomic mass is 15.3. The van der Waals surface area contributed by atoms with E-state index in [1.54, 1.807) is 43.6 Å². The van der Waals surface area contributed by atoms with Crippen LogP contribution in [0, 0.1) is 35.5 Å². The topological polar surface area (TPSA) is 275 Å². The van der Waals surface area contributed by atoms with Gasteiger partial charge >= 0.3 is 0 Å². The Labute approximate surface area is 461 Å². The second kappa shape index (κ2) is 40.8. The van der Waals surface area contributed by atoms with Crippen LogP contribution in [-0.4, -0.2) is 101 Å². The van der Waals surface area contributed by atoms with E-state index >= 15 is 0 Å². The van der Waals surface area contributed by atoms with Crippen molar-refractivity contribution in [3.63, 3.8) is 0 Å². The SMILES string of the molecule is CC(C)C.CC(C)C.CC(C)C.CC(C)C.CC(C)C.CC(C)C.c1ccc2[nH]ncc2c1.c1cnc2[nH]ccc2c1.c1cnc2n[nH]nc2c1.c1cnc2n[nH]nc2c1.c1ncc2[nH]cnc2n1.c1ncc2[nH]cnc2n1. The minimum absolute atomic E-state index is 0.664. The van der Waals surface area contributed by atoms with Crippen molar-refractivity contribution < 1.29 is 0 Å². The van der Waals surface area contributed by atoms with Gasteiger partial charge in [-0.3, -0.25) is 5.10 Å². The minimum atomic E-state index is 0.664. The molecular weight excluding hydrogens is 977 g/mol. The number of hydrogen-bond donors (Lipinski definition) is 6. The highest BCUT2D eigenvalue weighted by molar-refractivity contribution is 5.77. The van der Waals surface area contributed by atoms with Crippen LogP contribution in [0.15, 0.2) is 135 Å². The number of rotatable bonds is 0. The summed E-state index contributed by atoms with van der Waals surface area (Å²) in [5.74, 6) is 5.00. The Bertz CT molecular complexity index is 2470. The van der Waals surface area contributed by atoms with Gasteiger partial charge in [-0.05, 0) is 84.0 Å². The normalized spacial score (nSPS) is 9.85. The fourth-order valence-electron chi connectivity index (χ4n) is 4.52. The maximum atomic E-state index is 4.09. The van der Waals surface area contributed by atoms with Crippen LogP contribution in [0.3, 0.4) is 0 Å². The first-order chi connectivity index (χ1) is 37.2. The van der Waals surface area contributed by atoms with Gasteiger partial charge in [0.2, 0.25) is 11.3 Å². The first-order valence-electron chi connectivity index (χ1n) is 26.4. The van der Waals surface area contributed by atoms with Crippen LogP contribution in [0.4, 0.5) is 0 Å². The fraction of sp³-hybridized carbons (Fsp3) is 0.414. The van der Waals surface area contributed by atoms with Crippen molar-refractivity contribution in [2.45, 2.75) is 125 Å². The van der Waals surface area contributed by atoms with Gasteiger partial charge in [0.15, 0.2) is 11.3 Å². The highest BCUT2D eigenvalue weighted by Crippen LogP contribution is 2.08. The zero-order chi connectivity index (χ0) is 58.1. The van der Waals surface area contributed by atoms with Gasteiger partial charge in [0.25, 0.3) is 0 Å². The van der Waals surface area contributed by atoms with Crippen LogP contribution in [-0.2, 0) is 0 Å². The van der Waals surface area contributed by atoms with Gasteiger partial charge in [-0.1, -0.05) is 143 Å². The fourth-order valence-corrected chi connectivity index (χ4v) is 4.52. The van der Waals surface area contributed by atoms with Gasteiger partial charge in [-0.15, -0.1) is 10.2 Å². The molecule has 0 bridgehead atoms. The van der Waals surface area contributed by atoms with Crippen molar-refractivity contribution in [2.24, 2.45) is 35.5 Å². The van der Waals surface area contributed by atoms with Crippen LogP contribution in [0.2, 0.25) is 0 Å². The molecule has 0 saturated heterocycles. The second-order valence-electron chi connectivity index (χ2n) is 20.9. The molecule has 420 valence electrons. The number of nitrogens with zero attached hydrogens (tertiary/aromatic N) is 14. The molecule has 0 amide bonds. The zero-order valence-electron chi connectivity index (χ0n) is 49.4. The third-order valence-electron chi connectivity index (χ3n) is 7.05. The van der Waals surface area contributed by atoms with Gasteiger partial charge in [0, 0.05) is 35.6 Å². The quantitative estimate of drug-likeness (QED) is 0.0824. The first kappa shape index (κ1) is 67.6. The van der Waals surface area contributed by atoms with E-state index in [1.165, 1.54) is 12.7 Å². The van der Waals surface area contributed by atoms with Crippen LogP contribution in [0.25, 0.3) is 66.6 Å². The van der Waals surface area contributed by atoms with Crippen molar-refractivity contribution in [1.82, 2.24) is 101 Å². The molecule has 0 atom stereocenters. The van der Waals surface area contributed by atoms with E-state index < -0.39 is 0 Å². The van der Waals surface area contributed by atoms with E-state index in [-0.39, 0.29) is 0 Å². The van der Waals surface area contributed by atoms with Crippen LogP contribution in [0.1, 0.15) is 125 Å². The molecule has 12 rings (SSSR count). The Morgan fingerprint density at radius 3 is 1.17 bits per heavy atom. The Hall–Kier alpha value is -8.42. The Kier molecular flexibility index (Phi) is 35.4. The standard InChI is InChI=1S/2C7H6N2.4C5H4N4.6C4H10/c1-2-6-3-5-9-7(6)8-4-1;1-2-4-7-6(3-1)5-8-9-7;2*1-4-5(8-2-6-1)9-3-7-4;2*1-2-4-5(6-3-1)8-9-7-4;6*1-4(2)3/h2*1-5H,(H,8,9);4*1-3H,(H,6,7,8,9);6*4H,1-3H3. The van der Waals surface area contributed by atoms with Crippen LogP contribution < -0.4 is 0 Å². The second-order valence-corrected chi connectivity index (χ2v) is 20.9. The summed E-state index contributed by atoms with van der Waals surface area (Å²) in [5.41, 5.74) is 8.16. The third-order valence-corrected chi connectivity index (χ3v) is 7.05. The molecule has 0 aliphatic heterocycles. The molecule has 0 aliphatic rings. The summed E-state index contributed by atoms with van der Waals surface area (Å²) in [7, 11) is 0. The van der Waals surface area contributed by atoms with E-state index in [0.29, 0.717) is 22.6 Å². The number of aromatic nitrogens is 20. The molecule has 1 aromatic carbocycles. The molecule has 0 spiro atoms. The number of H-pyrrole nitrogens is 6. The number of nitrogens with one attached hydrogen (secondary N) is 6. The third kappa shape index (κ3) is 34.2. The maximum absolute atomic E-state index is 4.09. The molecule has 20 heteroatoms. The molecule has 12 aromatic rings. The molecule has 20 nitrogen and oxygen atoms in total. The number of pyridine rings is 3. The summed E-state index contributed by atoms with van der Waals surface area (Å²) < 4.78 is 0. The highest BCUT2D eigenvalue weighted by Gasteiger charge is 1.95. The molecular formula is C58H88N20. The number of fused-ring (bicyclic) bond motifs is 6. The van der Waals surface area contributed by atoms with Crippen molar-refractivity contribution >= 4 is 66.6 Å². The van der Waals surface area contributed by atoms with E-state index in [4.69, 9.17) is 0 Å². The molecule has 6 N–H and O–H groups in total. The monoisotopic (exact) mass is 1060 g/mol. The lowest BCUT2D eigenvalue weighted by Crippen LogP contribution is -1.76. The predicted molar refractivity (Wildman–Crippen MR) is 322 cm³/mol. The summed E-state index contributed by atoms with van der Waals surface area (Å²) in [5, 5.41) is 29.2. The van der Waals surface area contributed by atoms with Gasteiger partial charge in [0.1, 0.15) is 40.4 Å². The van der Waals surface area contributed by atoms with E-state index in [0.717, 1.165) is 79.5 Å². The Morgan fingerprint density at radius 2 is 0.756 bits per heavy atom. The Balaban J connectivity index is 0.000000434. The average molecular weight is 1070 g/mol. The van der Waals surface area contributed by atoms with Crippen molar-refractivity contribution in [3.05, 3.63) is 135 Å². The lowest BCUT2D eigenvalue weighted by atomic mass is 10.3. The maximum Gasteiger partial charge on any atom is 0.201 e. The van der Waals surface area contributed by atoms with Gasteiger partial charge in [0.05, 0.1) is 36.8 Å². The lowest BCUT2D eigenvalue weighted by molar-refractivity contribution is 0.736. The molecule has 11 heterocycles. The van der Waals surface area contributed by atoms with Crippen LogP contribution >= 0.6 is 0 Å². The van der Waals surface area contributed by atoms with Crippen molar-refractivity contribution in [2.75, 3.05) is 0 Å². The number of aromatic amines is 6. The van der Waals surface area contributed by atoms with Crippen molar-refractivity contribution in [3.8, 4) is 0 Å². The largest absolute Gasteiger partial charge is 0.346 e. The van der Waals surface area contributed by atoms with Gasteiger partial charge < -0.3 is 15.0 Å². The molecule has 78 heavy (non-hydrogen) atoms. The summed E-state index contributed by atoms with van der Waals surface area (Å²) in [6.07, 6.45) is 18.4. The molecule has 11 aromatic heterocycles. The number of imidazole rings is 2. The van der Waals surface area contributed by atoms with E-state index in [1.807, 2.05) is 79.1 Å². The molecule has 0 saturated carbocycles. The number of benzene rings is 1. The molecule has 0 radical (unpaired) electrons.